The molecule has 0 saturated carbocycles. The van der Waals surface area contributed by atoms with E-state index in [1.165, 1.54) is 5.56 Å². The van der Waals surface area contributed by atoms with E-state index >= 15 is 0 Å². The fourth-order valence-corrected chi connectivity index (χ4v) is 1.64. The third-order valence-corrected chi connectivity index (χ3v) is 2.59. The first-order chi connectivity index (χ1) is 7.76. The first-order valence-electron chi connectivity index (χ1n) is 6.11. The van der Waals surface area contributed by atoms with Crippen LogP contribution in [-0.2, 0) is 13.1 Å². The Kier molecular flexibility index (Phi) is 6.11. The van der Waals surface area contributed by atoms with Crippen LogP contribution in [0.1, 0.15) is 38.7 Å². The van der Waals surface area contributed by atoms with Crippen LogP contribution in [0.3, 0.4) is 0 Å². The summed E-state index contributed by atoms with van der Waals surface area (Å²) < 4.78 is 1.98. The summed E-state index contributed by atoms with van der Waals surface area (Å²) in [4.78, 5) is 0. The van der Waals surface area contributed by atoms with E-state index in [1.807, 2.05) is 10.9 Å². The Labute approximate surface area is 97.7 Å². The molecule has 1 aromatic rings. The summed E-state index contributed by atoms with van der Waals surface area (Å²) in [6.45, 7) is 6.42. The molecular formula is C12H23N3O. The predicted molar refractivity (Wildman–Crippen MR) is 65.1 cm³/mol. The highest BCUT2D eigenvalue weighted by molar-refractivity contribution is 5.03. The molecule has 16 heavy (non-hydrogen) atoms. The van der Waals surface area contributed by atoms with E-state index in [0.29, 0.717) is 6.04 Å². The molecule has 0 fully saturated rings. The molecular weight excluding hydrogens is 202 g/mol. The van der Waals surface area contributed by atoms with Crippen LogP contribution in [0.15, 0.2) is 12.4 Å². The fourth-order valence-electron chi connectivity index (χ4n) is 1.64. The van der Waals surface area contributed by atoms with Crippen LogP contribution in [0.5, 0.6) is 0 Å². The van der Waals surface area contributed by atoms with E-state index in [9.17, 15) is 0 Å². The summed E-state index contributed by atoms with van der Waals surface area (Å²) >= 11 is 0. The monoisotopic (exact) mass is 225 g/mol. The first-order valence-corrected chi connectivity index (χ1v) is 6.11. The van der Waals surface area contributed by atoms with Crippen molar-refractivity contribution >= 4 is 0 Å². The van der Waals surface area contributed by atoms with Crippen LogP contribution in [0.25, 0.3) is 0 Å². The summed E-state index contributed by atoms with van der Waals surface area (Å²) in [5.74, 6) is 0. The Bertz CT molecular complexity index is 286. The Morgan fingerprint density at radius 3 is 3.06 bits per heavy atom. The third kappa shape index (κ3) is 4.77. The van der Waals surface area contributed by atoms with Gasteiger partial charge in [-0.3, -0.25) is 4.68 Å². The lowest BCUT2D eigenvalue weighted by molar-refractivity contribution is 0.276. The van der Waals surface area contributed by atoms with Gasteiger partial charge in [-0.25, -0.2) is 0 Å². The number of hydrogen-bond acceptors (Lipinski definition) is 3. The minimum Gasteiger partial charge on any atom is -0.396 e. The van der Waals surface area contributed by atoms with Crippen molar-refractivity contribution in [3.63, 3.8) is 0 Å². The lowest BCUT2D eigenvalue weighted by Crippen LogP contribution is -2.25. The summed E-state index contributed by atoms with van der Waals surface area (Å²) in [7, 11) is 0. The van der Waals surface area contributed by atoms with Gasteiger partial charge in [0.25, 0.3) is 0 Å². The van der Waals surface area contributed by atoms with E-state index in [2.05, 4.69) is 30.5 Å². The van der Waals surface area contributed by atoms with Crippen LogP contribution < -0.4 is 5.32 Å². The molecule has 4 nitrogen and oxygen atoms in total. The van der Waals surface area contributed by atoms with Crippen molar-refractivity contribution in [1.82, 2.24) is 15.1 Å². The topological polar surface area (TPSA) is 50.1 Å². The molecule has 0 radical (unpaired) electrons. The standard InChI is InChI=1S/C12H23N3O/c1-3-6-15-10-12(9-14-15)8-13-11(2)5-4-7-16/h9-11,13,16H,3-8H2,1-2H3. The molecule has 0 aromatic carbocycles. The van der Waals surface area contributed by atoms with Gasteiger partial charge in [0, 0.05) is 37.5 Å². The molecule has 1 atom stereocenters. The van der Waals surface area contributed by atoms with Crippen molar-refractivity contribution in [3.05, 3.63) is 18.0 Å². The molecule has 2 N–H and O–H groups in total. The van der Waals surface area contributed by atoms with Gasteiger partial charge in [0.05, 0.1) is 6.20 Å². The molecule has 1 unspecified atom stereocenters. The highest BCUT2D eigenvalue weighted by Crippen LogP contribution is 2.01. The second-order valence-corrected chi connectivity index (χ2v) is 4.26. The number of nitrogens with zero attached hydrogens (tertiary/aromatic N) is 2. The number of nitrogens with one attached hydrogen (secondary N) is 1. The molecule has 0 saturated heterocycles. The van der Waals surface area contributed by atoms with Gasteiger partial charge in [-0.15, -0.1) is 0 Å². The minimum atomic E-state index is 0.278. The van der Waals surface area contributed by atoms with Crippen molar-refractivity contribution in [2.75, 3.05) is 6.61 Å². The minimum absolute atomic E-state index is 0.278. The van der Waals surface area contributed by atoms with Gasteiger partial charge in [0.2, 0.25) is 0 Å². The Morgan fingerprint density at radius 2 is 2.38 bits per heavy atom. The molecule has 4 heteroatoms. The molecule has 0 aliphatic heterocycles. The highest BCUT2D eigenvalue weighted by Gasteiger charge is 2.02. The molecule has 0 spiro atoms. The average Bonchev–Trinajstić information content (AvgIpc) is 2.72. The van der Waals surface area contributed by atoms with Gasteiger partial charge >= 0.3 is 0 Å². The molecule has 1 rings (SSSR count). The molecule has 0 bridgehead atoms. The smallest absolute Gasteiger partial charge is 0.0534 e. The van der Waals surface area contributed by atoms with Crippen LogP contribution in [0.4, 0.5) is 0 Å². The van der Waals surface area contributed by atoms with Crippen molar-refractivity contribution < 1.29 is 5.11 Å². The molecule has 92 valence electrons. The van der Waals surface area contributed by atoms with Gasteiger partial charge in [0.1, 0.15) is 0 Å². The summed E-state index contributed by atoms with van der Waals surface area (Å²) in [5, 5.41) is 16.4. The summed E-state index contributed by atoms with van der Waals surface area (Å²) in [6, 6.07) is 0.446. The van der Waals surface area contributed by atoms with Crippen molar-refractivity contribution in [3.8, 4) is 0 Å². The number of aryl methyl sites for hydroxylation is 1. The first kappa shape index (κ1) is 13.2. The molecule has 0 aliphatic carbocycles. The van der Waals surface area contributed by atoms with E-state index in [0.717, 1.165) is 32.4 Å². The molecule has 0 amide bonds. The zero-order valence-corrected chi connectivity index (χ0v) is 10.3. The number of hydrogen-bond donors (Lipinski definition) is 2. The second kappa shape index (κ2) is 7.41. The van der Waals surface area contributed by atoms with Crippen LogP contribution in [0.2, 0.25) is 0 Å². The zero-order valence-electron chi connectivity index (χ0n) is 10.3. The van der Waals surface area contributed by atoms with E-state index in [1.54, 1.807) is 0 Å². The maximum Gasteiger partial charge on any atom is 0.0534 e. The quantitative estimate of drug-likeness (QED) is 0.705. The van der Waals surface area contributed by atoms with Crippen LogP contribution in [-0.4, -0.2) is 27.5 Å². The third-order valence-electron chi connectivity index (χ3n) is 2.59. The maximum atomic E-state index is 8.72. The average molecular weight is 225 g/mol. The summed E-state index contributed by atoms with van der Waals surface area (Å²) in [5.41, 5.74) is 1.23. The van der Waals surface area contributed by atoms with E-state index in [4.69, 9.17) is 5.11 Å². The number of aliphatic hydroxyl groups excluding tert-OH is 1. The fraction of sp³-hybridized carbons (Fsp3) is 0.750. The molecule has 1 heterocycles. The van der Waals surface area contributed by atoms with Gasteiger partial charge in [-0.05, 0) is 26.2 Å². The lowest BCUT2D eigenvalue weighted by atomic mass is 10.2. The SMILES string of the molecule is CCCn1cc(CNC(C)CCCO)cn1. The predicted octanol–water partition coefficient (Wildman–Crippen LogP) is 1.54. The van der Waals surface area contributed by atoms with Crippen molar-refractivity contribution in [2.24, 2.45) is 0 Å². The maximum absolute atomic E-state index is 8.72. The van der Waals surface area contributed by atoms with E-state index in [-0.39, 0.29) is 6.61 Å². The Balaban J connectivity index is 2.25. The second-order valence-electron chi connectivity index (χ2n) is 4.26. The van der Waals surface area contributed by atoms with E-state index < -0.39 is 0 Å². The van der Waals surface area contributed by atoms with Crippen LogP contribution >= 0.6 is 0 Å². The van der Waals surface area contributed by atoms with Gasteiger partial charge in [-0.2, -0.15) is 5.10 Å². The van der Waals surface area contributed by atoms with Crippen molar-refractivity contribution in [2.45, 2.75) is 52.2 Å². The Morgan fingerprint density at radius 1 is 1.56 bits per heavy atom. The normalized spacial score (nSPS) is 12.9. The van der Waals surface area contributed by atoms with Crippen molar-refractivity contribution in [1.29, 1.82) is 0 Å². The van der Waals surface area contributed by atoms with Gasteiger partial charge in [0.15, 0.2) is 0 Å². The number of aromatic nitrogens is 2. The largest absolute Gasteiger partial charge is 0.396 e. The zero-order chi connectivity index (χ0) is 11.8. The van der Waals surface area contributed by atoms with Gasteiger partial charge in [-0.1, -0.05) is 6.92 Å². The Hall–Kier alpha value is -0.870. The highest BCUT2D eigenvalue weighted by atomic mass is 16.2. The van der Waals surface area contributed by atoms with Gasteiger partial charge < -0.3 is 10.4 Å². The lowest BCUT2D eigenvalue weighted by Gasteiger charge is -2.11. The molecule has 1 aromatic heterocycles. The van der Waals surface area contributed by atoms with Crippen LogP contribution in [0, 0.1) is 0 Å². The molecule has 0 aliphatic rings. The number of rotatable bonds is 8. The number of aliphatic hydroxyl groups is 1. The summed E-state index contributed by atoms with van der Waals surface area (Å²) in [6.07, 6.45) is 7.00.